The Morgan fingerprint density at radius 3 is 2.11 bits per heavy atom. The Bertz CT molecular complexity index is 1220. The van der Waals surface area contributed by atoms with Gasteiger partial charge in [-0.05, 0) is 41.1 Å². The Balaban J connectivity index is 1.65. The second-order valence-electron chi connectivity index (χ2n) is 7.46. The summed E-state index contributed by atoms with van der Waals surface area (Å²) >= 11 is 0. The van der Waals surface area contributed by atoms with Crippen LogP contribution in [0.2, 0.25) is 0 Å². The number of anilines is 2. The third-order valence-corrected chi connectivity index (χ3v) is 6.02. The molecule has 2 aliphatic heterocycles. The normalized spacial score (nSPS) is 15.7. The Hall–Kier alpha value is -3.52. The van der Waals surface area contributed by atoms with Gasteiger partial charge in [0.2, 0.25) is 0 Å². The molecule has 0 radical (unpaired) electrons. The highest BCUT2D eigenvalue weighted by atomic mass is 16.5. The van der Waals surface area contributed by atoms with E-state index in [9.17, 15) is 0 Å². The van der Waals surface area contributed by atoms with Crippen LogP contribution in [0, 0.1) is 0 Å². The predicted molar refractivity (Wildman–Crippen MR) is 115 cm³/mol. The lowest BCUT2D eigenvalue weighted by Gasteiger charge is -2.44. The first-order valence-corrected chi connectivity index (χ1v) is 9.61. The van der Waals surface area contributed by atoms with Gasteiger partial charge in [0.15, 0.2) is 5.60 Å². The van der Waals surface area contributed by atoms with E-state index >= 15 is 0 Å². The highest BCUT2D eigenvalue weighted by molar-refractivity contribution is 5.94. The number of ether oxygens (including phenoxy) is 1. The topological polar surface area (TPSA) is 12.5 Å². The molecule has 0 saturated carbocycles. The van der Waals surface area contributed by atoms with Crippen LogP contribution in [0.5, 0.6) is 5.75 Å². The minimum atomic E-state index is -0.616. The minimum absolute atomic E-state index is 0.616. The van der Waals surface area contributed by atoms with E-state index in [1.165, 1.54) is 33.3 Å². The van der Waals surface area contributed by atoms with Gasteiger partial charge in [-0.15, -0.1) is 0 Å². The fraction of sp³-hybridized carbons (Fsp3) is 0.0769. The van der Waals surface area contributed by atoms with Crippen molar-refractivity contribution in [1.82, 2.24) is 0 Å². The standard InChI is InChI=1S/C26H19NO/c1-27-23-12-6-4-10-21(23)26(22-11-5-7-13-24(22)27)17-16-20-19-9-3-2-8-18(19)14-15-25(20)28-26/h2-17H,1H3. The molecule has 0 unspecified atom stereocenters. The van der Waals surface area contributed by atoms with Gasteiger partial charge in [0.1, 0.15) is 5.75 Å². The molecule has 0 atom stereocenters. The van der Waals surface area contributed by atoms with E-state index in [0.717, 1.165) is 11.3 Å². The summed E-state index contributed by atoms with van der Waals surface area (Å²) in [5.41, 5.74) is 5.23. The fourth-order valence-corrected chi connectivity index (χ4v) is 4.67. The third kappa shape index (κ3) is 1.92. The molecule has 6 rings (SSSR count). The number of hydrogen-bond acceptors (Lipinski definition) is 2. The van der Waals surface area contributed by atoms with Crippen molar-refractivity contribution in [3.8, 4) is 5.75 Å². The maximum atomic E-state index is 6.86. The van der Waals surface area contributed by atoms with Crippen molar-refractivity contribution in [1.29, 1.82) is 0 Å². The molecule has 0 aromatic heterocycles. The van der Waals surface area contributed by atoms with Crippen molar-refractivity contribution in [3.63, 3.8) is 0 Å². The number of fused-ring (bicyclic) bond motifs is 7. The van der Waals surface area contributed by atoms with Gasteiger partial charge in [-0.2, -0.15) is 0 Å². The van der Waals surface area contributed by atoms with Gasteiger partial charge >= 0.3 is 0 Å². The second-order valence-corrected chi connectivity index (χ2v) is 7.46. The van der Waals surface area contributed by atoms with E-state index in [2.05, 4.69) is 109 Å². The summed E-state index contributed by atoms with van der Waals surface area (Å²) in [6.45, 7) is 0. The SMILES string of the molecule is CN1c2ccccc2C2(C=Cc3c(ccc4ccccc34)O2)c2ccccc21. The van der Waals surface area contributed by atoms with Crippen LogP contribution >= 0.6 is 0 Å². The van der Waals surface area contributed by atoms with Crippen molar-refractivity contribution in [3.05, 3.63) is 108 Å². The Kier molecular flexibility index (Phi) is 3.05. The van der Waals surface area contributed by atoms with E-state index in [1.54, 1.807) is 0 Å². The smallest absolute Gasteiger partial charge is 0.182 e. The first kappa shape index (κ1) is 15.5. The lowest BCUT2D eigenvalue weighted by atomic mass is 9.78. The van der Waals surface area contributed by atoms with E-state index in [1.807, 2.05) is 0 Å². The first-order chi connectivity index (χ1) is 13.8. The molecule has 2 aliphatic rings. The average Bonchev–Trinajstić information content (AvgIpc) is 2.77. The van der Waals surface area contributed by atoms with Gasteiger partial charge in [0.25, 0.3) is 0 Å². The number of rotatable bonds is 0. The number of nitrogens with zero attached hydrogens (tertiary/aromatic N) is 1. The van der Waals surface area contributed by atoms with Crippen LogP contribution in [0.25, 0.3) is 16.8 Å². The van der Waals surface area contributed by atoms with E-state index in [0.29, 0.717) is 0 Å². The van der Waals surface area contributed by atoms with Crippen LogP contribution < -0.4 is 9.64 Å². The molecule has 0 saturated heterocycles. The highest BCUT2D eigenvalue weighted by Gasteiger charge is 2.44. The number of hydrogen-bond donors (Lipinski definition) is 0. The zero-order chi connectivity index (χ0) is 18.7. The molecule has 28 heavy (non-hydrogen) atoms. The Labute approximate surface area is 164 Å². The molecule has 4 aromatic rings. The lowest BCUT2D eigenvalue weighted by molar-refractivity contribution is 0.160. The highest BCUT2D eigenvalue weighted by Crippen LogP contribution is 2.52. The van der Waals surface area contributed by atoms with E-state index < -0.39 is 5.60 Å². The van der Waals surface area contributed by atoms with Crippen molar-refractivity contribution in [2.24, 2.45) is 0 Å². The number of benzene rings is 4. The Morgan fingerprint density at radius 1 is 0.714 bits per heavy atom. The maximum absolute atomic E-state index is 6.86. The van der Waals surface area contributed by atoms with Crippen molar-refractivity contribution >= 4 is 28.2 Å². The molecule has 1 spiro atoms. The molecule has 0 bridgehead atoms. The monoisotopic (exact) mass is 361 g/mol. The molecule has 0 fully saturated rings. The summed E-state index contributed by atoms with van der Waals surface area (Å²) in [4.78, 5) is 2.25. The largest absolute Gasteiger partial charge is 0.473 e. The van der Waals surface area contributed by atoms with E-state index in [-0.39, 0.29) is 0 Å². The molecule has 2 nitrogen and oxygen atoms in total. The summed E-state index contributed by atoms with van der Waals surface area (Å²) in [5.74, 6) is 0.926. The molecule has 134 valence electrons. The molecule has 0 aliphatic carbocycles. The molecule has 2 heterocycles. The van der Waals surface area contributed by atoms with Crippen LogP contribution in [0.15, 0.2) is 91.0 Å². The predicted octanol–water partition coefficient (Wildman–Crippen LogP) is 6.27. The summed E-state index contributed by atoms with van der Waals surface area (Å²) < 4.78 is 6.86. The third-order valence-electron chi connectivity index (χ3n) is 6.02. The van der Waals surface area contributed by atoms with Crippen LogP contribution in [-0.2, 0) is 5.60 Å². The average molecular weight is 361 g/mol. The molecule has 4 aromatic carbocycles. The lowest BCUT2D eigenvalue weighted by Crippen LogP contribution is -2.40. The molecule has 2 heteroatoms. The molecular formula is C26H19NO. The second kappa shape index (κ2) is 5.49. The van der Waals surface area contributed by atoms with Gasteiger partial charge < -0.3 is 9.64 Å². The van der Waals surface area contributed by atoms with Gasteiger partial charge in [-0.1, -0.05) is 66.7 Å². The minimum Gasteiger partial charge on any atom is -0.473 e. The molecule has 0 N–H and O–H groups in total. The summed E-state index contributed by atoms with van der Waals surface area (Å²) in [7, 11) is 2.12. The van der Waals surface area contributed by atoms with Gasteiger partial charge in [-0.3, -0.25) is 0 Å². The summed E-state index contributed by atoms with van der Waals surface area (Å²) in [5, 5.41) is 2.45. The van der Waals surface area contributed by atoms with Crippen molar-refractivity contribution in [2.45, 2.75) is 5.60 Å². The van der Waals surface area contributed by atoms with Crippen molar-refractivity contribution in [2.75, 3.05) is 11.9 Å². The van der Waals surface area contributed by atoms with Gasteiger partial charge in [-0.25, -0.2) is 0 Å². The van der Waals surface area contributed by atoms with Gasteiger partial charge in [0, 0.05) is 35.1 Å². The summed E-state index contributed by atoms with van der Waals surface area (Å²) in [6.07, 6.45) is 4.46. The van der Waals surface area contributed by atoms with Crippen molar-refractivity contribution < 1.29 is 4.74 Å². The van der Waals surface area contributed by atoms with E-state index in [4.69, 9.17) is 4.74 Å². The first-order valence-electron chi connectivity index (χ1n) is 9.61. The quantitative estimate of drug-likeness (QED) is 0.366. The molecular weight excluding hydrogens is 342 g/mol. The maximum Gasteiger partial charge on any atom is 0.182 e. The summed E-state index contributed by atoms with van der Waals surface area (Å²) in [6, 6.07) is 29.8. The fourth-order valence-electron chi connectivity index (χ4n) is 4.67. The number of para-hydroxylation sites is 2. The zero-order valence-electron chi connectivity index (χ0n) is 15.6. The Morgan fingerprint density at radius 2 is 1.36 bits per heavy atom. The van der Waals surface area contributed by atoms with Crippen LogP contribution in [0.4, 0.5) is 11.4 Å². The van der Waals surface area contributed by atoms with Crippen LogP contribution in [0.3, 0.4) is 0 Å². The zero-order valence-corrected chi connectivity index (χ0v) is 15.6. The van der Waals surface area contributed by atoms with Gasteiger partial charge in [0.05, 0.1) is 0 Å². The van der Waals surface area contributed by atoms with Crippen LogP contribution in [0.1, 0.15) is 16.7 Å². The molecule has 0 amide bonds. The van der Waals surface area contributed by atoms with Crippen LogP contribution in [-0.4, -0.2) is 7.05 Å².